The molecule has 0 fully saturated rings. The number of rotatable bonds is 8. The van der Waals surface area contributed by atoms with E-state index in [0.717, 1.165) is 33.9 Å². The van der Waals surface area contributed by atoms with Crippen LogP contribution in [0.25, 0.3) is 82.8 Å². The monoisotopic (exact) mass is 764 g/mol. The van der Waals surface area contributed by atoms with Crippen LogP contribution >= 0.6 is 0 Å². The van der Waals surface area contributed by atoms with Crippen LogP contribution in [0, 0.1) is 0 Å². The van der Waals surface area contributed by atoms with Crippen molar-refractivity contribution >= 4 is 49.6 Å². The third kappa shape index (κ3) is 6.41. The number of hydrogen-bond donors (Lipinski definition) is 0. The molecule has 2 heteroatoms. The van der Waals surface area contributed by atoms with E-state index in [4.69, 9.17) is 0 Å². The third-order valence-electron chi connectivity index (χ3n) is 11.8. The molecular formula is C58H40N2. The molecule has 0 amide bonds. The van der Waals surface area contributed by atoms with Gasteiger partial charge in [-0.05, 0) is 122 Å². The van der Waals surface area contributed by atoms with Crippen molar-refractivity contribution in [3.8, 4) is 50.2 Å². The fraction of sp³-hybridized carbons (Fsp3) is 0. The number of para-hydroxylation sites is 1. The van der Waals surface area contributed by atoms with E-state index in [2.05, 4.69) is 252 Å². The lowest BCUT2D eigenvalue weighted by Crippen LogP contribution is -2.10. The molecule has 1 aromatic heterocycles. The summed E-state index contributed by atoms with van der Waals surface area (Å²) in [6.45, 7) is 0. The maximum Gasteiger partial charge on any atom is 0.0547 e. The number of anilines is 3. The van der Waals surface area contributed by atoms with Crippen LogP contribution in [0.15, 0.2) is 243 Å². The zero-order valence-electron chi connectivity index (χ0n) is 33.0. The Labute approximate surface area is 350 Å². The van der Waals surface area contributed by atoms with E-state index in [9.17, 15) is 0 Å². The van der Waals surface area contributed by atoms with Crippen LogP contribution in [0.3, 0.4) is 0 Å². The molecule has 282 valence electrons. The summed E-state index contributed by atoms with van der Waals surface area (Å²) in [7, 11) is 0. The van der Waals surface area contributed by atoms with Crippen LogP contribution < -0.4 is 4.90 Å². The second-order valence-corrected chi connectivity index (χ2v) is 15.4. The predicted octanol–water partition coefficient (Wildman–Crippen LogP) is 16.1. The maximum atomic E-state index is 2.42. The molecule has 0 saturated heterocycles. The Balaban J connectivity index is 1.01. The van der Waals surface area contributed by atoms with Crippen molar-refractivity contribution in [1.29, 1.82) is 0 Å². The van der Waals surface area contributed by atoms with Gasteiger partial charge in [0.15, 0.2) is 0 Å². The summed E-state index contributed by atoms with van der Waals surface area (Å²) in [6.07, 6.45) is 0. The molecule has 11 rings (SSSR count). The topological polar surface area (TPSA) is 8.17 Å². The molecule has 0 aliphatic carbocycles. The van der Waals surface area contributed by atoms with Crippen LogP contribution in [0.4, 0.5) is 17.1 Å². The lowest BCUT2D eigenvalue weighted by atomic mass is 9.94. The highest BCUT2D eigenvalue weighted by Gasteiger charge is 2.17. The fourth-order valence-corrected chi connectivity index (χ4v) is 8.86. The van der Waals surface area contributed by atoms with Crippen LogP contribution in [-0.2, 0) is 0 Å². The second-order valence-electron chi connectivity index (χ2n) is 15.4. The first-order valence-corrected chi connectivity index (χ1v) is 20.6. The van der Waals surface area contributed by atoms with Gasteiger partial charge in [0.25, 0.3) is 0 Å². The maximum absolute atomic E-state index is 2.42. The van der Waals surface area contributed by atoms with Gasteiger partial charge in [-0.3, -0.25) is 0 Å². The summed E-state index contributed by atoms with van der Waals surface area (Å²) >= 11 is 0. The lowest BCUT2D eigenvalue weighted by Gasteiger charge is -2.26. The van der Waals surface area contributed by atoms with Gasteiger partial charge in [-0.25, -0.2) is 0 Å². The fourth-order valence-electron chi connectivity index (χ4n) is 8.86. The molecular weight excluding hydrogens is 725 g/mol. The standard InChI is InChI=1S/C58H40N2/c1-3-15-41(16-4-1)42-29-33-49(34-30-42)59(50-35-31-44(32-36-50)54-26-10-9-25-53(54)43-17-5-2-6-18-43)51-23-13-21-45(37-51)46-22-14-24-52(38-46)60-57-28-12-11-27-55(57)56-39-47-19-7-8-20-48(47)40-58(56)60/h1-40H. The Morgan fingerprint density at radius 2 is 0.767 bits per heavy atom. The van der Waals surface area contributed by atoms with Gasteiger partial charge in [0.1, 0.15) is 0 Å². The predicted molar refractivity (Wildman–Crippen MR) is 255 cm³/mol. The lowest BCUT2D eigenvalue weighted by molar-refractivity contribution is 1.18. The molecule has 0 unspecified atom stereocenters. The van der Waals surface area contributed by atoms with Crippen molar-refractivity contribution in [3.05, 3.63) is 243 Å². The largest absolute Gasteiger partial charge is 0.310 e. The van der Waals surface area contributed by atoms with Gasteiger partial charge in [0.2, 0.25) is 0 Å². The van der Waals surface area contributed by atoms with E-state index >= 15 is 0 Å². The SMILES string of the molecule is c1ccc(-c2ccc(N(c3ccc(-c4ccccc4-c4ccccc4)cc3)c3cccc(-c4cccc(-n5c6ccccc6c6cc7ccccc7cc65)c4)c3)cc2)cc1. The van der Waals surface area contributed by atoms with E-state index < -0.39 is 0 Å². The summed E-state index contributed by atoms with van der Waals surface area (Å²) in [5.74, 6) is 0. The Morgan fingerprint density at radius 3 is 1.47 bits per heavy atom. The van der Waals surface area contributed by atoms with Crippen molar-refractivity contribution < 1.29 is 0 Å². The number of aromatic nitrogens is 1. The number of fused-ring (bicyclic) bond motifs is 4. The van der Waals surface area contributed by atoms with E-state index in [1.165, 1.54) is 66.0 Å². The molecule has 2 nitrogen and oxygen atoms in total. The number of benzene rings is 10. The van der Waals surface area contributed by atoms with E-state index in [1.807, 2.05) is 0 Å². The summed E-state index contributed by atoms with van der Waals surface area (Å²) in [5.41, 5.74) is 16.4. The second kappa shape index (κ2) is 15.1. The summed E-state index contributed by atoms with van der Waals surface area (Å²) in [6, 6.07) is 87.8. The quantitative estimate of drug-likeness (QED) is 0.150. The molecule has 0 N–H and O–H groups in total. The van der Waals surface area contributed by atoms with Gasteiger partial charge in [-0.15, -0.1) is 0 Å². The highest BCUT2D eigenvalue weighted by molar-refractivity contribution is 6.13. The van der Waals surface area contributed by atoms with E-state index in [-0.39, 0.29) is 0 Å². The third-order valence-corrected chi connectivity index (χ3v) is 11.8. The van der Waals surface area contributed by atoms with Gasteiger partial charge >= 0.3 is 0 Å². The van der Waals surface area contributed by atoms with Crippen molar-refractivity contribution in [2.45, 2.75) is 0 Å². The zero-order valence-corrected chi connectivity index (χ0v) is 33.0. The molecule has 0 radical (unpaired) electrons. The molecule has 60 heavy (non-hydrogen) atoms. The van der Waals surface area contributed by atoms with Crippen molar-refractivity contribution in [1.82, 2.24) is 4.57 Å². The summed E-state index contributed by atoms with van der Waals surface area (Å²) < 4.78 is 2.42. The van der Waals surface area contributed by atoms with E-state index in [1.54, 1.807) is 0 Å². The molecule has 0 aliphatic rings. The minimum atomic E-state index is 1.09. The van der Waals surface area contributed by atoms with Crippen molar-refractivity contribution in [2.24, 2.45) is 0 Å². The van der Waals surface area contributed by atoms with Crippen molar-refractivity contribution in [3.63, 3.8) is 0 Å². The van der Waals surface area contributed by atoms with Crippen LogP contribution in [0.5, 0.6) is 0 Å². The average Bonchev–Trinajstić information content (AvgIpc) is 3.65. The Bertz CT molecular complexity index is 3290. The Morgan fingerprint density at radius 1 is 0.267 bits per heavy atom. The first-order chi connectivity index (χ1) is 29.7. The zero-order chi connectivity index (χ0) is 39.8. The van der Waals surface area contributed by atoms with Crippen LogP contribution in [0.2, 0.25) is 0 Å². The van der Waals surface area contributed by atoms with Gasteiger partial charge in [-0.2, -0.15) is 0 Å². The van der Waals surface area contributed by atoms with E-state index in [0.29, 0.717) is 0 Å². The Hall–Kier alpha value is -7.94. The van der Waals surface area contributed by atoms with Crippen LogP contribution in [0.1, 0.15) is 0 Å². The normalized spacial score (nSPS) is 11.3. The minimum Gasteiger partial charge on any atom is -0.310 e. The highest BCUT2D eigenvalue weighted by atomic mass is 15.1. The first kappa shape index (κ1) is 35.2. The molecule has 0 atom stereocenters. The van der Waals surface area contributed by atoms with Crippen LogP contribution in [-0.4, -0.2) is 4.57 Å². The number of nitrogens with zero attached hydrogens (tertiary/aromatic N) is 2. The van der Waals surface area contributed by atoms with Gasteiger partial charge in [0, 0.05) is 33.5 Å². The molecule has 0 spiro atoms. The van der Waals surface area contributed by atoms with Gasteiger partial charge < -0.3 is 9.47 Å². The molecule has 0 bridgehead atoms. The minimum absolute atomic E-state index is 1.09. The smallest absolute Gasteiger partial charge is 0.0547 e. The first-order valence-electron chi connectivity index (χ1n) is 20.6. The average molecular weight is 765 g/mol. The molecule has 0 saturated carbocycles. The summed E-state index contributed by atoms with van der Waals surface area (Å²) in [4.78, 5) is 2.37. The molecule has 1 heterocycles. The Kier molecular flexibility index (Phi) is 8.87. The molecule has 11 aromatic rings. The van der Waals surface area contributed by atoms with Crippen molar-refractivity contribution in [2.75, 3.05) is 4.90 Å². The molecule has 0 aliphatic heterocycles. The summed E-state index contributed by atoms with van der Waals surface area (Å²) in [5, 5.41) is 5.02. The molecule has 10 aromatic carbocycles. The van der Waals surface area contributed by atoms with Gasteiger partial charge in [-0.1, -0.05) is 176 Å². The van der Waals surface area contributed by atoms with Gasteiger partial charge in [0.05, 0.1) is 11.0 Å². The highest BCUT2D eigenvalue weighted by Crippen LogP contribution is 2.41. The number of hydrogen-bond acceptors (Lipinski definition) is 1.